The Morgan fingerprint density at radius 2 is 1.92 bits per heavy atom. The van der Waals surface area contributed by atoms with E-state index in [0.717, 1.165) is 23.3 Å². The van der Waals surface area contributed by atoms with Gasteiger partial charge in [-0.1, -0.05) is 42.8 Å². The zero-order valence-corrected chi connectivity index (χ0v) is 15.9. The van der Waals surface area contributed by atoms with Crippen molar-refractivity contribution in [3.63, 3.8) is 0 Å². The summed E-state index contributed by atoms with van der Waals surface area (Å²) in [6.07, 6.45) is 0.806. The van der Waals surface area contributed by atoms with E-state index in [4.69, 9.17) is 9.47 Å². The summed E-state index contributed by atoms with van der Waals surface area (Å²) in [5.74, 6) is 1.46. The lowest BCUT2D eigenvalue weighted by Gasteiger charge is -2.38. The van der Waals surface area contributed by atoms with E-state index in [-0.39, 0.29) is 17.6 Å². The molecular weight excluding hydrogens is 326 g/mol. The molecule has 2 atom stereocenters. The molecule has 0 fully saturated rings. The number of para-hydroxylation sites is 1. The molecule has 4 heteroatoms. The van der Waals surface area contributed by atoms with Gasteiger partial charge in [0.25, 0.3) is 5.91 Å². The second-order valence-corrected chi connectivity index (χ2v) is 7.49. The monoisotopic (exact) mass is 353 g/mol. The maximum atomic E-state index is 12.9. The predicted octanol–water partition coefficient (Wildman–Crippen LogP) is 4.57. The van der Waals surface area contributed by atoms with E-state index in [1.807, 2.05) is 76.2 Å². The first kappa shape index (κ1) is 18.3. The molecule has 1 N–H and O–H groups in total. The highest BCUT2D eigenvalue weighted by Crippen LogP contribution is 2.39. The minimum atomic E-state index is -0.518. The number of nitrogens with one attached hydrogen (secondary N) is 1. The van der Waals surface area contributed by atoms with Crippen molar-refractivity contribution in [2.45, 2.75) is 58.3 Å². The fourth-order valence-corrected chi connectivity index (χ4v) is 3.30. The van der Waals surface area contributed by atoms with Crippen molar-refractivity contribution in [1.82, 2.24) is 5.32 Å². The van der Waals surface area contributed by atoms with Crippen LogP contribution in [0.2, 0.25) is 0 Å². The van der Waals surface area contributed by atoms with Crippen molar-refractivity contribution in [2.24, 2.45) is 0 Å². The Bertz CT molecular complexity index is 767. The normalized spacial score (nSPS) is 19.0. The molecular formula is C22H27NO3. The molecule has 1 aliphatic heterocycles. The molecule has 2 aromatic carbocycles. The lowest BCUT2D eigenvalue weighted by atomic mass is 9.89. The Labute approximate surface area is 155 Å². The minimum absolute atomic E-state index is 0.0851. The molecule has 138 valence electrons. The van der Waals surface area contributed by atoms with E-state index in [2.05, 4.69) is 5.32 Å². The molecule has 0 spiro atoms. The molecule has 1 heterocycles. The molecule has 1 amide bonds. The number of amides is 1. The van der Waals surface area contributed by atoms with Gasteiger partial charge in [-0.05, 0) is 45.4 Å². The number of carbonyl (C=O) groups is 1. The molecule has 0 aromatic heterocycles. The van der Waals surface area contributed by atoms with Crippen LogP contribution in [0.3, 0.4) is 0 Å². The molecule has 0 saturated carbocycles. The zero-order chi connectivity index (χ0) is 18.7. The summed E-state index contributed by atoms with van der Waals surface area (Å²) in [4.78, 5) is 12.9. The molecule has 0 unspecified atom stereocenters. The van der Waals surface area contributed by atoms with Crippen molar-refractivity contribution in [2.75, 3.05) is 0 Å². The fourth-order valence-electron chi connectivity index (χ4n) is 3.30. The molecule has 1 aliphatic rings. The summed E-state index contributed by atoms with van der Waals surface area (Å²) in [5.41, 5.74) is 1.85. The first-order valence-corrected chi connectivity index (χ1v) is 9.19. The van der Waals surface area contributed by atoms with E-state index < -0.39 is 6.10 Å². The molecule has 0 aliphatic carbocycles. The molecule has 2 aromatic rings. The highest BCUT2D eigenvalue weighted by Gasteiger charge is 2.35. The van der Waals surface area contributed by atoms with Gasteiger partial charge in [0.05, 0.1) is 6.04 Å². The Kier molecular flexibility index (Phi) is 5.21. The first-order valence-electron chi connectivity index (χ1n) is 9.19. The number of hydrogen-bond acceptors (Lipinski definition) is 3. The number of rotatable bonds is 5. The van der Waals surface area contributed by atoms with E-state index in [0.29, 0.717) is 12.2 Å². The van der Waals surface area contributed by atoms with Crippen LogP contribution in [0.15, 0.2) is 48.5 Å². The van der Waals surface area contributed by atoms with Crippen LogP contribution in [-0.4, -0.2) is 17.6 Å². The average Bonchev–Trinajstić information content (AvgIpc) is 2.60. The predicted molar refractivity (Wildman–Crippen MR) is 103 cm³/mol. The highest BCUT2D eigenvalue weighted by molar-refractivity contribution is 5.81. The van der Waals surface area contributed by atoms with Gasteiger partial charge in [-0.15, -0.1) is 0 Å². The molecule has 0 radical (unpaired) electrons. The minimum Gasteiger partial charge on any atom is -0.487 e. The van der Waals surface area contributed by atoms with Crippen LogP contribution in [0.1, 0.15) is 50.8 Å². The van der Waals surface area contributed by atoms with Crippen molar-refractivity contribution < 1.29 is 14.3 Å². The van der Waals surface area contributed by atoms with Gasteiger partial charge in [0, 0.05) is 12.0 Å². The largest absolute Gasteiger partial charge is 0.487 e. The van der Waals surface area contributed by atoms with Crippen LogP contribution in [0.5, 0.6) is 11.5 Å². The highest BCUT2D eigenvalue weighted by atomic mass is 16.5. The number of aryl methyl sites for hydroxylation is 1. The lowest BCUT2D eigenvalue weighted by Crippen LogP contribution is -2.45. The van der Waals surface area contributed by atoms with Gasteiger partial charge in [-0.2, -0.15) is 0 Å². The summed E-state index contributed by atoms with van der Waals surface area (Å²) in [7, 11) is 0. The van der Waals surface area contributed by atoms with Crippen LogP contribution in [0.4, 0.5) is 0 Å². The maximum absolute atomic E-state index is 12.9. The Morgan fingerprint density at radius 3 is 2.62 bits per heavy atom. The van der Waals surface area contributed by atoms with Gasteiger partial charge in [0.1, 0.15) is 17.1 Å². The van der Waals surface area contributed by atoms with Gasteiger partial charge in [0.2, 0.25) is 0 Å². The average molecular weight is 353 g/mol. The van der Waals surface area contributed by atoms with E-state index in [9.17, 15) is 4.79 Å². The van der Waals surface area contributed by atoms with Crippen LogP contribution in [0, 0.1) is 6.92 Å². The molecule has 0 bridgehead atoms. The number of ether oxygens (including phenoxy) is 2. The third-order valence-corrected chi connectivity index (χ3v) is 4.66. The van der Waals surface area contributed by atoms with Crippen LogP contribution in [0.25, 0.3) is 0 Å². The van der Waals surface area contributed by atoms with Gasteiger partial charge < -0.3 is 14.8 Å². The van der Waals surface area contributed by atoms with Gasteiger partial charge in [-0.25, -0.2) is 0 Å². The summed E-state index contributed by atoms with van der Waals surface area (Å²) in [6, 6.07) is 15.6. The van der Waals surface area contributed by atoms with E-state index >= 15 is 0 Å². The summed E-state index contributed by atoms with van der Waals surface area (Å²) in [5, 5.41) is 3.17. The van der Waals surface area contributed by atoms with Crippen LogP contribution in [-0.2, 0) is 4.79 Å². The lowest BCUT2D eigenvalue weighted by molar-refractivity contribution is -0.129. The molecule has 3 rings (SSSR count). The number of benzene rings is 2. The summed E-state index contributed by atoms with van der Waals surface area (Å²) >= 11 is 0. The topological polar surface area (TPSA) is 47.6 Å². The smallest absolute Gasteiger partial charge is 0.261 e. The Balaban J connectivity index is 1.74. The maximum Gasteiger partial charge on any atom is 0.261 e. The number of hydrogen-bond donors (Lipinski definition) is 1. The fraction of sp³-hybridized carbons (Fsp3) is 0.409. The third-order valence-electron chi connectivity index (χ3n) is 4.66. The summed E-state index contributed by atoms with van der Waals surface area (Å²) < 4.78 is 12.0. The zero-order valence-electron chi connectivity index (χ0n) is 15.9. The third kappa shape index (κ3) is 4.18. The van der Waals surface area contributed by atoms with Gasteiger partial charge in [-0.3, -0.25) is 4.79 Å². The van der Waals surface area contributed by atoms with Crippen molar-refractivity contribution in [3.8, 4) is 11.5 Å². The van der Waals surface area contributed by atoms with Gasteiger partial charge >= 0.3 is 0 Å². The standard InChI is InChI=1S/C22H27NO3/c1-5-19(25-16-12-10-15(2)11-13-16)21(24)23-18-14-22(3,4)26-20-9-7-6-8-17(18)20/h6-13,18-19H,5,14H2,1-4H3,(H,23,24)/t18-,19+/m0/s1. The first-order chi connectivity index (χ1) is 12.4. The van der Waals surface area contributed by atoms with Crippen molar-refractivity contribution >= 4 is 5.91 Å². The molecule has 0 saturated heterocycles. The number of fused-ring (bicyclic) bond motifs is 1. The Morgan fingerprint density at radius 1 is 1.23 bits per heavy atom. The Hall–Kier alpha value is -2.49. The van der Waals surface area contributed by atoms with E-state index in [1.54, 1.807) is 0 Å². The second-order valence-electron chi connectivity index (χ2n) is 7.49. The molecule has 26 heavy (non-hydrogen) atoms. The van der Waals surface area contributed by atoms with E-state index in [1.165, 1.54) is 0 Å². The van der Waals surface area contributed by atoms with Crippen molar-refractivity contribution in [1.29, 1.82) is 0 Å². The van der Waals surface area contributed by atoms with Crippen molar-refractivity contribution in [3.05, 3.63) is 59.7 Å². The second kappa shape index (κ2) is 7.40. The van der Waals surface area contributed by atoms with Crippen LogP contribution >= 0.6 is 0 Å². The SMILES string of the molecule is CC[C@@H](Oc1ccc(C)cc1)C(=O)N[C@H]1CC(C)(C)Oc2ccccc21. The number of carbonyl (C=O) groups excluding carboxylic acids is 1. The van der Waals surface area contributed by atoms with Crippen LogP contribution < -0.4 is 14.8 Å². The molecule has 4 nitrogen and oxygen atoms in total. The van der Waals surface area contributed by atoms with Gasteiger partial charge in [0.15, 0.2) is 6.10 Å². The quantitative estimate of drug-likeness (QED) is 0.856. The summed E-state index contributed by atoms with van der Waals surface area (Å²) in [6.45, 7) is 8.07.